The number of carbonyl (C=O) groups excluding carboxylic acids is 1. The van der Waals surface area contributed by atoms with Gasteiger partial charge in [0, 0.05) is 15.5 Å². The molecule has 0 spiro atoms. The number of halogens is 2. The zero-order chi connectivity index (χ0) is 17.5. The fourth-order valence-electron chi connectivity index (χ4n) is 2.05. The van der Waals surface area contributed by atoms with Crippen LogP contribution < -0.4 is 10.1 Å². The third-order valence-corrected chi connectivity index (χ3v) is 4.83. The molecule has 1 amide bonds. The van der Waals surface area contributed by atoms with Gasteiger partial charge in [-0.15, -0.1) is 0 Å². The molecule has 0 aliphatic heterocycles. The summed E-state index contributed by atoms with van der Waals surface area (Å²) in [6.45, 7) is 3.07. The van der Waals surface area contributed by atoms with Crippen LogP contribution >= 0.6 is 31.9 Å². The van der Waals surface area contributed by atoms with Crippen LogP contribution in [0.2, 0.25) is 0 Å². The van der Waals surface area contributed by atoms with E-state index in [9.17, 15) is 4.79 Å². The Kier molecular flexibility index (Phi) is 7.27. The molecule has 1 unspecified atom stereocenters. The van der Waals surface area contributed by atoms with E-state index in [2.05, 4.69) is 37.2 Å². The first-order valence-electron chi connectivity index (χ1n) is 7.61. The molecule has 0 radical (unpaired) electrons. The van der Waals surface area contributed by atoms with Crippen molar-refractivity contribution in [3.05, 3.63) is 57.5 Å². The Hall–Kier alpha value is -1.37. The van der Waals surface area contributed by atoms with Gasteiger partial charge in [0.25, 0.3) is 0 Å². The maximum Gasteiger partial charge on any atom is 0.241 e. The number of nitrogens with one attached hydrogen (secondary N) is 1. The van der Waals surface area contributed by atoms with Crippen molar-refractivity contribution < 1.29 is 9.53 Å². The van der Waals surface area contributed by atoms with E-state index in [1.54, 1.807) is 0 Å². The van der Waals surface area contributed by atoms with Crippen LogP contribution in [0, 0.1) is 0 Å². The van der Waals surface area contributed by atoms with Gasteiger partial charge in [0.2, 0.25) is 5.91 Å². The first kappa shape index (κ1) is 19.0. The van der Waals surface area contributed by atoms with Gasteiger partial charge in [0.15, 0.2) is 0 Å². The molecule has 0 aromatic heterocycles. The SMILES string of the molecule is CC(C(=O)Nc1ccc(Br)cc1Br)N(C)CCOc1ccccc1. The Balaban J connectivity index is 1.83. The molecule has 0 aliphatic carbocycles. The summed E-state index contributed by atoms with van der Waals surface area (Å²) in [7, 11) is 1.91. The summed E-state index contributed by atoms with van der Waals surface area (Å²) in [5.74, 6) is 0.780. The van der Waals surface area contributed by atoms with Gasteiger partial charge in [-0.2, -0.15) is 0 Å². The summed E-state index contributed by atoms with van der Waals surface area (Å²) in [5.41, 5.74) is 0.754. The Morgan fingerprint density at radius 2 is 1.92 bits per heavy atom. The van der Waals surface area contributed by atoms with Crippen LogP contribution in [0.5, 0.6) is 5.75 Å². The van der Waals surface area contributed by atoms with Crippen LogP contribution in [-0.4, -0.2) is 37.0 Å². The fourth-order valence-corrected chi connectivity index (χ4v) is 3.19. The molecule has 6 heteroatoms. The maximum atomic E-state index is 12.4. The minimum atomic E-state index is -0.264. The predicted octanol–water partition coefficient (Wildman–Crippen LogP) is 4.55. The van der Waals surface area contributed by atoms with Crippen molar-refractivity contribution in [1.29, 1.82) is 0 Å². The first-order valence-corrected chi connectivity index (χ1v) is 9.20. The second-order valence-corrected chi connectivity index (χ2v) is 7.20. The summed E-state index contributed by atoms with van der Waals surface area (Å²) < 4.78 is 7.47. The van der Waals surface area contributed by atoms with Gasteiger partial charge >= 0.3 is 0 Å². The van der Waals surface area contributed by atoms with E-state index in [1.165, 1.54) is 0 Å². The van der Waals surface area contributed by atoms with E-state index >= 15 is 0 Å². The summed E-state index contributed by atoms with van der Waals surface area (Å²) in [5, 5.41) is 2.94. The highest BCUT2D eigenvalue weighted by Crippen LogP contribution is 2.26. The zero-order valence-corrected chi connectivity index (χ0v) is 16.8. The minimum absolute atomic E-state index is 0.0553. The van der Waals surface area contributed by atoms with Crippen LogP contribution in [0.1, 0.15) is 6.92 Å². The standard InChI is InChI=1S/C18H20Br2N2O2/c1-13(18(23)21-17-9-8-14(19)12-16(17)20)22(2)10-11-24-15-6-4-3-5-7-15/h3-9,12-13H,10-11H2,1-2H3,(H,21,23). The first-order chi connectivity index (χ1) is 11.5. The number of amides is 1. The van der Waals surface area contributed by atoms with Gasteiger partial charge in [0.05, 0.1) is 11.7 Å². The van der Waals surface area contributed by atoms with Crippen molar-refractivity contribution in [2.24, 2.45) is 0 Å². The normalized spacial score (nSPS) is 12.0. The second kappa shape index (κ2) is 9.20. The summed E-state index contributed by atoms with van der Waals surface area (Å²) in [6.07, 6.45) is 0. The van der Waals surface area contributed by atoms with E-state index in [1.807, 2.05) is 67.4 Å². The number of rotatable bonds is 7. The molecule has 24 heavy (non-hydrogen) atoms. The highest BCUT2D eigenvalue weighted by atomic mass is 79.9. The van der Waals surface area contributed by atoms with Crippen LogP contribution in [0.15, 0.2) is 57.5 Å². The molecular weight excluding hydrogens is 436 g/mol. The molecule has 1 atom stereocenters. The number of para-hydroxylation sites is 1. The number of hydrogen-bond acceptors (Lipinski definition) is 3. The molecule has 1 N–H and O–H groups in total. The highest BCUT2D eigenvalue weighted by Gasteiger charge is 2.18. The van der Waals surface area contributed by atoms with E-state index in [0.29, 0.717) is 13.2 Å². The van der Waals surface area contributed by atoms with Crippen molar-refractivity contribution >= 4 is 43.5 Å². The third-order valence-electron chi connectivity index (χ3n) is 3.69. The molecule has 2 aromatic carbocycles. The molecule has 0 saturated heterocycles. The lowest BCUT2D eigenvalue weighted by molar-refractivity contribution is -0.120. The van der Waals surface area contributed by atoms with E-state index in [4.69, 9.17) is 4.74 Å². The van der Waals surface area contributed by atoms with E-state index in [-0.39, 0.29) is 11.9 Å². The predicted molar refractivity (Wildman–Crippen MR) is 105 cm³/mol. The minimum Gasteiger partial charge on any atom is -0.492 e. The van der Waals surface area contributed by atoms with Crippen molar-refractivity contribution in [2.45, 2.75) is 13.0 Å². The molecule has 2 aromatic rings. The average molecular weight is 456 g/mol. The van der Waals surface area contributed by atoms with E-state index in [0.717, 1.165) is 20.4 Å². The maximum absolute atomic E-state index is 12.4. The smallest absolute Gasteiger partial charge is 0.241 e. The largest absolute Gasteiger partial charge is 0.492 e. The van der Waals surface area contributed by atoms with Gasteiger partial charge in [-0.25, -0.2) is 0 Å². The van der Waals surface area contributed by atoms with Gasteiger partial charge in [-0.3, -0.25) is 9.69 Å². The number of ether oxygens (including phenoxy) is 1. The molecular formula is C18H20Br2N2O2. The Labute approximate surface area is 159 Å². The number of nitrogens with zero attached hydrogens (tertiary/aromatic N) is 1. The van der Waals surface area contributed by atoms with Crippen LogP contribution in [0.25, 0.3) is 0 Å². The number of hydrogen-bond donors (Lipinski definition) is 1. The third kappa shape index (κ3) is 5.61. The van der Waals surface area contributed by atoms with Gasteiger partial charge in [-0.1, -0.05) is 34.1 Å². The topological polar surface area (TPSA) is 41.6 Å². The van der Waals surface area contributed by atoms with Gasteiger partial charge < -0.3 is 10.1 Å². The van der Waals surface area contributed by atoms with Gasteiger partial charge in [-0.05, 0) is 60.2 Å². The number of carbonyl (C=O) groups is 1. The lowest BCUT2D eigenvalue weighted by atomic mass is 10.2. The Bertz CT molecular complexity index is 680. The second-order valence-electron chi connectivity index (χ2n) is 5.43. The van der Waals surface area contributed by atoms with Crippen molar-refractivity contribution in [2.75, 3.05) is 25.5 Å². The lowest BCUT2D eigenvalue weighted by Gasteiger charge is -2.24. The zero-order valence-electron chi connectivity index (χ0n) is 13.6. The van der Waals surface area contributed by atoms with Crippen LogP contribution in [0.4, 0.5) is 5.69 Å². The van der Waals surface area contributed by atoms with Crippen molar-refractivity contribution in [1.82, 2.24) is 4.90 Å². The quantitative estimate of drug-likeness (QED) is 0.665. The molecule has 2 rings (SSSR count). The summed E-state index contributed by atoms with van der Waals surface area (Å²) in [4.78, 5) is 14.4. The molecule has 4 nitrogen and oxygen atoms in total. The highest BCUT2D eigenvalue weighted by molar-refractivity contribution is 9.11. The van der Waals surface area contributed by atoms with Crippen molar-refractivity contribution in [3.63, 3.8) is 0 Å². The molecule has 0 fully saturated rings. The van der Waals surface area contributed by atoms with Crippen LogP contribution in [-0.2, 0) is 4.79 Å². The Morgan fingerprint density at radius 1 is 1.21 bits per heavy atom. The number of benzene rings is 2. The molecule has 0 bridgehead atoms. The average Bonchev–Trinajstić information content (AvgIpc) is 2.57. The summed E-state index contributed by atoms with van der Waals surface area (Å²) in [6, 6.07) is 15.0. The molecule has 0 saturated carbocycles. The summed E-state index contributed by atoms with van der Waals surface area (Å²) >= 11 is 6.85. The molecule has 128 valence electrons. The fraction of sp³-hybridized carbons (Fsp3) is 0.278. The number of likely N-dealkylation sites (N-methyl/N-ethyl adjacent to an activating group) is 1. The Morgan fingerprint density at radius 3 is 2.58 bits per heavy atom. The molecule has 0 aliphatic rings. The van der Waals surface area contributed by atoms with Crippen LogP contribution in [0.3, 0.4) is 0 Å². The van der Waals surface area contributed by atoms with E-state index < -0.39 is 0 Å². The lowest BCUT2D eigenvalue weighted by Crippen LogP contribution is -2.41. The van der Waals surface area contributed by atoms with Gasteiger partial charge in [0.1, 0.15) is 12.4 Å². The molecule has 0 heterocycles. The van der Waals surface area contributed by atoms with Crippen molar-refractivity contribution in [3.8, 4) is 5.75 Å². The monoisotopic (exact) mass is 454 g/mol. The number of anilines is 1.